The second kappa shape index (κ2) is 5.19. The smallest absolute Gasteiger partial charge is 0.233 e. The van der Waals surface area contributed by atoms with Crippen LogP contribution in [0.4, 0.5) is 0 Å². The van der Waals surface area contributed by atoms with E-state index in [9.17, 15) is 14.4 Å². The van der Waals surface area contributed by atoms with Gasteiger partial charge < -0.3 is 0 Å². The molecule has 4 nitrogen and oxygen atoms in total. The van der Waals surface area contributed by atoms with E-state index in [-0.39, 0.29) is 42.4 Å². The van der Waals surface area contributed by atoms with Gasteiger partial charge in [-0.3, -0.25) is 19.3 Å². The van der Waals surface area contributed by atoms with Crippen molar-refractivity contribution in [2.75, 3.05) is 6.54 Å². The van der Waals surface area contributed by atoms with Crippen molar-refractivity contribution in [2.45, 2.75) is 25.7 Å². The highest BCUT2D eigenvalue weighted by Gasteiger charge is 2.49. The van der Waals surface area contributed by atoms with E-state index in [2.05, 4.69) is 0 Å². The lowest BCUT2D eigenvalue weighted by Crippen LogP contribution is -2.33. The van der Waals surface area contributed by atoms with Crippen LogP contribution in [0.25, 0.3) is 0 Å². The van der Waals surface area contributed by atoms with Crippen LogP contribution in [0.1, 0.15) is 36.0 Å². The molecule has 1 heterocycles. The third-order valence-corrected chi connectivity index (χ3v) is 4.34. The second-order valence-electron chi connectivity index (χ2n) is 5.51. The van der Waals surface area contributed by atoms with Crippen LogP contribution in [-0.2, 0) is 9.59 Å². The van der Waals surface area contributed by atoms with Gasteiger partial charge in [0.2, 0.25) is 11.8 Å². The first-order valence-corrected chi connectivity index (χ1v) is 7.12. The lowest BCUT2D eigenvalue weighted by atomic mass is 10.00. The van der Waals surface area contributed by atoms with Crippen molar-refractivity contribution in [3.63, 3.8) is 0 Å². The van der Waals surface area contributed by atoms with Gasteiger partial charge in [-0.25, -0.2) is 0 Å². The highest BCUT2D eigenvalue weighted by molar-refractivity contribution is 6.06. The number of benzene rings is 1. The van der Waals surface area contributed by atoms with Crippen LogP contribution in [0, 0.1) is 11.8 Å². The minimum Gasteiger partial charge on any atom is -0.294 e. The van der Waals surface area contributed by atoms with Crippen molar-refractivity contribution in [3.8, 4) is 0 Å². The van der Waals surface area contributed by atoms with E-state index in [0.29, 0.717) is 5.56 Å². The molecule has 1 aromatic carbocycles. The molecule has 0 spiro atoms. The fourth-order valence-electron chi connectivity index (χ4n) is 3.26. The largest absolute Gasteiger partial charge is 0.294 e. The summed E-state index contributed by atoms with van der Waals surface area (Å²) in [6.07, 6.45) is 2.81. The number of carbonyl (C=O) groups excluding carboxylic acids is 3. The maximum absolute atomic E-state index is 12.1. The summed E-state index contributed by atoms with van der Waals surface area (Å²) in [5.41, 5.74) is 0.631. The number of amides is 2. The van der Waals surface area contributed by atoms with Crippen molar-refractivity contribution in [3.05, 3.63) is 35.9 Å². The van der Waals surface area contributed by atoms with Crippen LogP contribution in [0.3, 0.4) is 0 Å². The Balaban J connectivity index is 1.63. The first kappa shape index (κ1) is 13.0. The molecule has 0 aromatic heterocycles. The fourth-order valence-corrected chi connectivity index (χ4v) is 3.26. The van der Waals surface area contributed by atoms with Crippen LogP contribution >= 0.6 is 0 Å². The Morgan fingerprint density at radius 2 is 1.65 bits per heavy atom. The molecule has 0 radical (unpaired) electrons. The molecule has 0 bridgehead atoms. The lowest BCUT2D eigenvalue weighted by molar-refractivity contribution is -0.140. The first-order chi connectivity index (χ1) is 9.68. The fraction of sp³-hybridized carbons (Fsp3) is 0.438. The van der Waals surface area contributed by atoms with Crippen molar-refractivity contribution in [1.29, 1.82) is 0 Å². The van der Waals surface area contributed by atoms with Crippen LogP contribution in [0.15, 0.2) is 30.3 Å². The minimum atomic E-state index is -0.116. The van der Waals surface area contributed by atoms with E-state index in [0.717, 1.165) is 19.3 Å². The van der Waals surface area contributed by atoms with E-state index in [1.54, 1.807) is 12.1 Å². The summed E-state index contributed by atoms with van der Waals surface area (Å²) < 4.78 is 0. The maximum Gasteiger partial charge on any atom is 0.233 e. The molecular weight excluding hydrogens is 254 g/mol. The average molecular weight is 271 g/mol. The zero-order chi connectivity index (χ0) is 14.1. The second-order valence-corrected chi connectivity index (χ2v) is 5.51. The summed E-state index contributed by atoms with van der Waals surface area (Å²) in [5.74, 6) is -0.399. The highest BCUT2D eigenvalue weighted by atomic mass is 16.2. The summed E-state index contributed by atoms with van der Waals surface area (Å²) in [7, 11) is 0. The number of carbonyl (C=O) groups is 3. The molecule has 1 aromatic rings. The normalized spacial score (nSPS) is 25.1. The Hall–Kier alpha value is -1.97. The molecule has 1 aliphatic carbocycles. The summed E-state index contributed by atoms with van der Waals surface area (Å²) in [4.78, 5) is 37.6. The number of likely N-dealkylation sites (tertiary alicyclic amines) is 1. The number of rotatable bonds is 4. The van der Waals surface area contributed by atoms with Gasteiger partial charge in [-0.15, -0.1) is 0 Å². The molecule has 2 amide bonds. The van der Waals surface area contributed by atoms with E-state index in [4.69, 9.17) is 0 Å². The summed E-state index contributed by atoms with van der Waals surface area (Å²) in [6.45, 7) is 0.221. The van der Waals surface area contributed by atoms with Crippen LogP contribution < -0.4 is 0 Å². The molecule has 2 unspecified atom stereocenters. The summed E-state index contributed by atoms with van der Waals surface area (Å²) >= 11 is 0. The predicted octanol–water partition coefficient (Wildman–Crippen LogP) is 2.04. The average Bonchev–Trinajstić information content (AvgIpc) is 3.03. The number of Topliss-reactive ketones (excluding diaryl/α,β-unsaturated/α-hetero) is 1. The molecule has 2 aliphatic rings. The topological polar surface area (TPSA) is 54.5 Å². The van der Waals surface area contributed by atoms with Gasteiger partial charge in [-0.1, -0.05) is 36.8 Å². The summed E-state index contributed by atoms with van der Waals surface area (Å²) in [6, 6.07) is 8.98. The van der Waals surface area contributed by atoms with Gasteiger partial charge in [0, 0.05) is 18.5 Å². The molecule has 1 saturated heterocycles. The number of ketones is 1. The van der Waals surface area contributed by atoms with E-state index in [1.807, 2.05) is 18.2 Å². The Morgan fingerprint density at radius 1 is 1.05 bits per heavy atom. The van der Waals surface area contributed by atoms with E-state index in [1.165, 1.54) is 4.90 Å². The van der Waals surface area contributed by atoms with Gasteiger partial charge in [0.25, 0.3) is 0 Å². The van der Waals surface area contributed by atoms with E-state index >= 15 is 0 Å². The Bertz CT molecular complexity index is 530. The molecular formula is C16H17NO3. The molecule has 0 N–H and O–H groups in total. The minimum absolute atomic E-state index is 0.0248. The van der Waals surface area contributed by atoms with Gasteiger partial charge >= 0.3 is 0 Å². The number of hydrogen-bond acceptors (Lipinski definition) is 3. The predicted molar refractivity (Wildman–Crippen MR) is 72.9 cm³/mol. The van der Waals surface area contributed by atoms with Gasteiger partial charge in [-0.05, 0) is 12.8 Å². The molecule has 3 rings (SSSR count). The SMILES string of the molecule is O=C(CCN1C(=O)C2CCCC2C1=O)c1ccccc1. The molecule has 4 heteroatoms. The van der Waals surface area contributed by atoms with Crippen LogP contribution in [-0.4, -0.2) is 29.0 Å². The standard InChI is InChI=1S/C16H17NO3/c18-14(11-5-2-1-3-6-11)9-10-17-15(19)12-7-4-8-13(12)16(17)20/h1-3,5-6,12-13H,4,7-10H2. The monoisotopic (exact) mass is 271 g/mol. The van der Waals surface area contributed by atoms with Gasteiger partial charge in [0.15, 0.2) is 5.78 Å². The molecule has 2 atom stereocenters. The number of nitrogens with zero attached hydrogens (tertiary/aromatic N) is 1. The number of hydrogen-bond donors (Lipinski definition) is 0. The maximum atomic E-state index is 12.1. The first-order valence-electron chi connectivity index (χ1n) is 7.12. The lowest BCUT2D eigenvalue weighted by Gasteiger charge is -2.15. The Labute approximate surface area is 117 Å². The quantitative estimate of drug-likeness (QED) is 0.622. The highest BCUT2D eigenvalue weighted by Crippen LogP contribution is 2.39. The van der Waals surface area contributed by atoms with Crippen LogP contribution in [0.2, 0.25) is 0 Å². The number of fused-ring (bicyclic) bond motifs is 1. The van der Waals surface area contributed by atoms with Crippen LogP contribution in [0.5, 0.6) is 0 Å². The van der Waals surface area contributed by atoms with Crippen molar-refractivity contribution in [2.24, 2.45) is 11.8 Å². The van der Waals surface area contributed by atoms with Crippen molar-refractivity contribution in [1.82, 2.24) is 4.90 Å². The zero-order valence-electron chi connectivity index (χ0n) is 11.2. The van der Waals surface area contributed by atoms with E-state index < -0.39 is 0 Å². The summed E-state index contributed by atoms with van der Waals surface area (Å²) in [5, 5.41) is 0. The van der Waals surface area contributed by atoms with Gasteiger partial charge in [0.05, 0.1) is 11.8 Å². The molecule has 20 heavy (non-hydrogen) atoms. The van der Waals surface area contributed by atoms with Gasteiger partial charge in [0.1, 0.15) is 0 Å². The third kappa shape index (κ3) is 2.15. The molecule has 2 fully saturated rings. The molecule has 104 valence electrons. The number of imide groups is 1. The third-order valence-electron chi connectivity index (χ3n) is 4.34. The zero-order valence-corrected chi connectivity index (χ0v) is 11.2. The van der Waals surface area contributed by atoms with Crippen molar-refractivity contribution >= 4 is 17.6 Å². The van der Waals surface area contributed by atoms with Crippen molar-refractivity contribution < 1.29 is 14.4 Å². The molecule has 1 saturated carbocycles. The Morgan fingerprint density at radius 3 is 2.25 bits per heavy atom. The Kier molecular flexibility index (Phi) is 3.38. The molecule has 1 aliphatic heterocycles. The van der Waals surface area contributed by atoms with Gasteiger partial charge in [-0.2, -0.15) is 0 Å².